The number of aliphatic imine (C=N–C) groups is 1. The zero-order valence-electron chi connectivity index (χ0n) is 16.1. The molecule has 1 atom stereocenters. The Morgan fingerprint density at radius 1 is 1.33 bits per heavy atom. The standard InChI is InChI=1S/C17H33N5O.HI/c1-13(2)12-22-9-8-19-15(22)11-21-16(18-6)20-10-14(23-7)17(3,4)5;/h8-9,13-14H,10-12H2,1-7H3,(H2,18,20,21);1H. The van der Waals surface area contributed by atoms with Gasteiger partial charge < -0.3 is 19.9 Å². The maximum Gasteiger partial charge on any atom is 0.191 e. The fourth-order valence-corrected chi connectivity index (χ4v) is 2.38. The van der Waals surface area contributed by atoms with Crippen LogP contribution < -0.4 is 10.6 Å². The second-order valence-electron chi connectivity index (χ2n) is 7.29. The Labute approximate surface area is 163 Å². The van der Waals surface area contributed by atoms with Crippen molar-refractivity contribution in [3.8, 4) is 0 Å². The van der Waals surface area contributed by atoms with E-state index < -0.39 is 0 Å². The SMILES string of the molecule is CN=C(NCc1nccn1CC(C)C)NCC(OC)C(C)(C)C.I. The largest absolute Gasteiger partial charge is 0.379 e. The van der Waals surface area contributed by atoms with Gasteiger partial charge in [-0.3, -0.25) is 4.99 Å². The Morgan fingerprint density at radius 2 is 2.00 bits per heavy atom. The molecular weight excluding hydrogens is 417 g/mol. The van der Waals surface area contributed by atoms with Gasteiger partial charge in [0.15, 0.2) is 5.96 Å². The van der Waals surface area contributed by atoms with Crippen molar-refractivity contribution in [3.05, 3.63) is 18.2 Å². The van der Waals surface area contributed by atoms with Crippen LogP contribution in [0.15, 0.2) is 17.4 Å². The second-order valence-corrected chi connectivity index (χ2v) is 7.29. The van der Waals surface area contributed by atoms with E-state index in [0.29, 0.717) is 19.0 Å². The Bertz CT molecular complexity index is 493. The van der Waals surface area contributed by atoms with E-state index in [-0.39, 0.29) is 35.5 Å². The predicted octanol–water partition coefficient (Wildman–Crippen LogP) is 2.88. The van der Waals surface area contributed by atoms with E-state index in [2.05, 4.69) is 59.8 Å². The summed E-state index contributed by atoms with van der Waals surface area (Å²) in [7, 11) is 3.52. The molecule has 1 rings (SSSR count). The van der Waals surface area contributed by atoms with Crippen LogP contribution in [0.2, 0.25) is 0 Å². The van der Waals surface area contributed by atoms with Gasteiger partial charge in [0.05, 0.1) is 12.6 Å². The van der Waals surface area contributed by atoms with Gasteiger partial charge in [-0.2, -0.15) is 0 Å². The molecule has 1 aromatic heterocycles. The minimum atomic E-state index is 0. The van der Waals surface area contributed by atoms with Crippen molar-refractivity contribution in [1.29, 1.82) is 0 Å². The first-order chi connectivity index (χ1) is 10.8. The number of hydrogen-bond acceptors (Lipinski definition) is 3. The van der Waals surface area contributed by atoms with Crippen molar-refractivity contribution in [3.63, 3.8) is 0 Å². The lowest BCUT2D eigenvalue weighted by Gasteiger charge is -2.30. The molecule has 0 saturated heterocycles. The average Bonchev–Trinajstić information content (AvgIpc) is 2.87. The summed E-state index contributed by atoms with van der Waals surface area (Å²) >= 11 is 0. The van der Waals surface area contributed by atoms with Gasteiger partial charge in [-0.25, -0.2) is 4.98 Å². The monoisotopic (exact) mass is 451 g/mol. The van der Waals surface area contributed by atoms with Gasteiger partial charge >= 0.3 is 0 Å². The molecule has 0 saturated carbocycles. The normalized spacial score (nSPS) is 13.6. The summed E-state index contributed by atoms with van der Waals surface area (Å²) in [4.78, 5) is 8.69. The van der Waals surface area contributed by atoms with Gasteiger partial charge in [0.2, 0.25) is 0 Å². The molecule has 0 radical (unpaired) electrons. The summed E-state index contributed by atoms with van der Waals surface area (Å²) in [5.74, 6) is 2.37. The molecular formula is C17H34IN5O. The Hall–Kier alpha value is -0.830. The Kier molecular flexibility index (Phi) is 10.5. The van der Waals surface area contributed by atoms with Gasteiger partial charge in [0.25, 0.3) is 0 Å². The Morgan fingerprint density at radius 3 is 2.50 bits per heavy atom. The van der Waals surface area contributed by atoms with Crippen LogP contribution in [-0.2, 0) is 17.8 Å². The van der Waals surface area contributed by atoms with E-state index in [9.17, 15) is 0 Å². The average molecular weight is 451 g/mol. The number of rotatable bonds is 7. The third-order valence-electron chi connectivity index (χ3n) is 3.71. The van der Waals surface area contributed by atoms with Crippen LogP contribution in [-0.4, -0.2) is 42.3 Å². The van der Waals surface area contributed by atoms with Gasteiger partial charge in [-0.05, 0) is 11.3 Å². The van der Waals surface area contributed by atoms with Gasteiger partial charge in [0.1, 0.15) is 5.82 Å². The number of hydrogen-bond donors (Lipinski definition) is 2. The molecule has 24 heavy (non-hydrogen) atoms. The van der Waals surface area contributed by atoms with E-state index in [0.717, 1.165) is 18.3 Å². The summed E-state index contributed by atoms with van der Waals surface area (Å²) in [6, 6.07) is 0. The molecule has 1 heterocycles. The second kappa shape index (κ2) is 10.9. The van der Waals surface area contributed by atoms with Crippen LogP contribution in [0.4, 0.5) is 0 Å². The zero-order valence-corrected chi connectivity index (χ0v) is 18.4. The minimum absolute atomic E-state index is 0. The number of methoxy groups -OCH3 is 1. The highest BCUT2D eigenvalue weighted by molar-refractivity contribution is 14.0. The van der Waals surface area contributed by atoms with Crippen molar-refractivity contribution in [1.82, 2.24) is 20.2 Å². The molecule has 0 aliphatic rings. The molecule has 1 aromatic rings. The fraction of sp³-hybridized carbons (Fsp3) is 0.765. The molecule has 1 unspecified atom stereocenters. The number of imidazole rings is 1. The number of ether oxygens (including phenoxy) is 1. The molecule has 0 aliphatic carbocycles. The number of halogens is 1. The number of guanidine groups is 1. The smallest absolute Gasteiger partial charge is 0.191 e. The summed E-state index contributed by atoms with van der Waals surface area (Å²) in [5.41, 5.74) is 0.0775. The van der Waals surface area contributed by atoms with E-state index >= 15 is 0 Å². The van der Waals surface area contributed by atoms with E-state index in [1.165, 1.54) is 0 Å². The highest BCUT2D eigenvalue weighted by atomic mass is 127. The third-order valence-corrected chi connectivity index (χ3v) is 3.71. The first-order valence-electron chi connectivity index (χ1n) is 8.25. The van der Waals surface area contributed by atoms with Crippen molar-refractivity contribution in [2.24, 2.45) is 16.3 Å². The number of nitrogens with one attached hydrogen (secondary N) is 2. The van der Waals surface area contributed by atoms with Gasteiger partial charge in [0, 0.05) is 39.6 Å². The summed E-state index contributed by atoms with van der Waals surface area (Å²) < 4.78 is 7.74. The van der Waals surface area contributed by atoms with Crippen LogP contribution in [0, 0.1) is 11.3 Å². The first-order valence-corrected chi connectivity index (χ1v) is 8.25. The summed E-state index contributed by atoms with van der Waals surface area (Å²) in [6.07, 6.45) is 3.98. The third kappa shape index (κ3) is 7.83. The summed E-state index contributed by atoms with van der Waals surface area (Å²) in [5, 5.41) is 6.64. The predicted molar refractivity (Wildman–Crippen MR) is 111 cm³/mol. The van der Waals surface area contributed by atoms with Crippen molar-refractivity contribution in [2.75, 3.05) is 20.7 Å². The van der Waals surface area contributed by atoms with Crippen molar-refractivity contribution >= 4 is 29.9 Å². The maximum absolute atomic E-state index is 5.56. The van der Waals surface area contributed by atoms with Crippen LogP contribution >= 0.6 is 24.0 Å². The molecule has 2 N–H and O–H groups in total. The van der Waals surface area contributed by atoms with Crippen LogP contribution in [0.1, 0.15) is 40.4 Å². The lowest BCUT2D eigenvalue weighted by Crippen LogP contribution is -2.45. The number of nitrogens with zero attached hydrogens (tertiary/aromatic N) is 3. The van der Waals surface area contributed by atoms with Gasteiger partial charge in [-0.1, -0.05) is 34.6 Å². The lowest BCUT2D eigenvalue weighted by molar-refractivity contribution is 0.0205. The van der Waals surface area contributed by atoms with Gasteiger partial charge in [-0.15, -0.1) is 24.0 Å². The first kappa shape index (κ1) is 23.2. The highest BCUT2D eigenvalue weighted by Gasteiger charge is 2.24. The Balaban J connectivity index is 0.00000529. The topological polar surface area (TPSA) is 63.5 Å². The van der Waals surface area contributed by atoms with Crippen molar-refractivity contribution < 1.29 is 4.74 Å². The van der Waals surface area contributed by atoms with E-state index in [1.54, 1.807) is 14.2 Å². The molecule has 7 heteroatoms. The molecule has 0 amide bonds. The highest BCUT2D eigenvalue weighted by Crippen LogP contribution is 2.20. The zero-order chi connectivity index (χ0) is 17.5. The maximum atomic E-state index is 5.56. The minimum Gasteiger partial charge on any atom is -0.379 e. The molecule has 0 aliphatic heterocycles. The van der Waals surface area contributed by atoms with Crippen LogP contribution in [0.3, 0.4) is 0 Å². The molecule has 0 fully saturated rings. The lowest BCUT2D eigenvalue weighted by atomic mass is 9.89. The quantitative estimate of drug-likeness (QED) is 0.380. The van der Waals surface area contributed by atoms with E-state index in [4.69, 9.17) is 4.74 Å². The molecule has 0 bridgehead atoms. The number of aromatic nitrogens is 2. The molecule has 6 nitrogen and oxygen atoms in total. The summed E-state index contributed by atoms with van der Waals surface area (Å²) in [6.45, 7) is 13.2. The van der Waals surface area contributed by atoms with Crippen molar-refractivity contribution in [2.45, 2.75) is 53.8 Å². The molecule has 140 valence electrons. The van der Waals surface area contributed by atoms with Crippen LogP contribution in [0.25, 0.3) is 0 Å². The van der Waals surface area contributed by atoms with E-state index in [1.807, 2.05) is 12.4 Å². The molecule has 0 aromatic carbocycles. The van der Waals surface area contributed by atoms with Crippen LogP contribution in [0.5, 0.6) is 0 Å². The fourth-order valence-electron chi connectivity index (χ4n) is 2.38. The molecule has 0 spiro atoms.